The first kappa shape index (κ1) is 14.4. The van der Waals surface area contributed by atoms with Crippen molar-refractivity contribution in [2.24, 2.45) is 11.8 Å². The molecule has 2 rings (SSSR count). The van der Waals surface area contributed by atoms with E-state index < -0.39 is 12.0 Å². The van der Waals surface area contributed by atoms with Crippen LogP contribution in [-0.2, 0) is 9.59 Å². The third-order valence-electron chi connectivity index (χ3n) is 4.51. The van der Waals surface area contributed by atoms with Crippen LogP contribution in [0.25, 0.3) is 0 Å². The molecule has 0 saturated heterocycles. The van der Waals surface area contributed by atoms with E-state index in [1.807, 2.05) is 0 Å². The van der Waals surface area contributed by atoms with E-state index >= 15 is 0 Å². The van der Waals surface area contributed by atoms with E-state index in [-0.39, 0.29) is 11.9 Å². The standard InChI is InChI=1S/C15H25NO3/c1-10-4-3-5-12(8-10)9-14(17)16(13-6-7-13)11(2)15(18)19/h10-13H,3-9H2,1-2H3,(H,18,19). The Morgan fingerprint density at radius 3 is 2.47 bits per heavy atom. The molecule has 0 spiro atoms. The van der Waals surface area contributed by atoms with Gasteiger partial charge in [0.15, 0.2) is 0 Å². The van der Waals surface area contributed by atoms with E-state index in [2.05, 4.69) is 6.92 Å². The largest absolute Gasteiger partial charge is 0.480 e. The summed E-state index contributed by atoms with van der Waals surface area (Å²) < 4.78 is 0. The van der Waals surface area contributed by atoms with E-state index in [9.17, 15) is 9.59 Å². The lowest BCUT2D eigenvalue weighted by atomic mass is 9.80. The van der Waals surface area contributed by atoms with Gasteiger partial charge in [-0.2, -0.15) is 0 Å². The Balaban J connectivity index is 1.94. The quantitative estimate of drug-likeness (QED) is 0.833. The summed E-state index contributed by atoms with van der Waals surface area (Å²) in [6, 6.07) is -0.499. The second-order valence-corrected chi connectivity index (χ2v) is 6.39. The lowest BCUT2D eigenvalue weighted by molar-refractivity contribution is -0.150. The average molecular weight is 267 g/mol. The SMILES string of the molecule is CC1CCCC(CC(=O)N(C2CC2)C(C)C(=O)O)C1. The maximum atomic E-state index is 12.4. The summed E-state index contributed by atoms with van der Waals surface area (Å²) in [7, 11) is 0. The summed E-state index contributed by atoms with van der Waals surface area (Å²) in [6.07, 6.45) is 7.18. The molecule has 0 bridgehead atoms. The summed E-state index contributed by atoms with van der Waals surface area (Å²) in [6.45, 7) is 3.87. The van der Waals surface area contributed by atoms with Gasteiger partial charge in [0.05, 0.1) is 0 Å². The lowest BCUT2D eigenvalue weighted by Gasteiger charge is -2.31. The Bertz CT molecular complexity index is 351. The van der Waals surface area contributed by atoms with Crippen LogP contribution in [0.5, 0.6) is 0 Å². The van der Waals surface area contributed by atoms with E-state index in [4.69, 9.17) is 5.11 Å². The molecular formula is C15H25NO3. The van der Waals surface area contributed by atoms with E-state index in [1.54, 1.807) is 11.8 Å². The number of carboxylic acids is 1. The first-order valence-electron chi connectivity index (χ1n) is 7.53. The zero-order valence-corrected chi connectivity index (χ0v) is 12.0. The number of rotatable bonds is 5. The molecule has 3 unspecified atom stereocenters. The molecule has 2 aliphatic rings. The summed E-state index contributed by atoms with van der Waals surface area (Å²) in [5.74, 6) is 0.324. The molecular weight excluding hydrogens is 242 g/mol. The molecule has 0 aromatic heterocycles. The number of aliphatic carboxylic acids is 1. The number of nitrogens with zero attached hydrogens (tertiary/aromatic N) is 1. The fraction of sp³-hybridized carbons (Fsp3) is 0.867. The predicted molar refractivity (Wildman–Crippen MR) is 72.7 cm³/mol. The first-order valence-corrected chi connectivity index (χ1v) is 7.53. The van der Waals surface area contributed by atoms with Crippen LogP contribution in [0.15, 0.2) is 0 Å². The van der Waals surface area contributed by atoms with Crippen LogP contribution in [-0.4, -0.2) is 34.0 Å². The minimum absolute atomic E-state index is 0.0523. The van der Waals surface area contributed by atoms with Crippen molar-refractivity contribution in [1.29, 1.82) is 0 Å². The molecule has 3 atom stereocenters. The molecule has 2 fully saturated rings. The molecule has 2 aliphatic carbocycles. The fourth-order valence-corrected chi connectivity index (χ4v) is 3.31. The van der Waals surface area contributed by atoms with Crippen LogP contribution in [0.3, 0.4) is 0 Å². The molecule has 4 heteroatoms. The Morgan fingerprint density at radius 2 is 1.95 bits per heavy atom. The van der Waals surface area contributed by atoms with E-state index in [1.165, 1.54) is 12.8 Å². The van der Waals surface area contributed by atoms with Gasteiger partial charge in [-0.1, -0.05) is 19.8 Å². The normalized spacial score (nSPS) is 28.7. The van der Waals surface area contributed by atoms with E-state index in [0.717, 1.165) is 25.7 Å². The maximum Gasteiger partial charge on any atom is 0.326 e. The van der Waals surface area contributed by atoms with Crippen molar-refractivity contribution in [1.82, 2.24) is 4.90 Å². The zero-order valence-electron chi connectivity index (χ0n) is 12.0. The van der Waals surface area contributed by atoms with Gasteiger partial charge in [0.25, 0.3) is 0 Å². The highest BCUT2D eigenvalue weighted by Gasteiger charge is 2.39. The second kappa shape index (κ2) is 5.93. The minimum atomic E-state index is -0.891. The van der Waals surface area contributed by atoms with Crippen molar-refractivity contribution in [2.45, 2.75) is 70.9 Å². The number of carboxylic acid groups (broad SMARTS) is 1. The van der Waals surface area contributed by atoms with Gasteiger partial charge in [0.2, 0.25) is 5.91 Å². The molecule has 0 aromatic rings. The number of hydrogen-bond donors (Lipinski definition) is 1. The molecule has 1 N–H and O–H groups in total. The number of carbonyl (C=O) groups is 2. The summed E-state index contributed by atoms with van der Waals surface area (Å²) in [4.78, 5) is 25.2. The van der Waals surface area contributed by atoms with Crippen LogP contribution in [0.4, 0.5) is 0 Å². The molecule has 1 amide bonds. The van der Waals surface area contributed by atoms with Crippen LogP contribution < -0.4 is 0 Å². The molecule has 2 saturated carbocycles. The van der Waals surface area contributed by atoms with Crippen LogP contribution >= 0.6 is 0 Å². The van der Waals surface area contributed by atoms with Crippen molar-refractivity contribution < 1.29 is 14.7 Å². The Labute approximate surface area is 115 Å². The van der Waals surface area contributed by atoms with Gasteiger partial charge >= 0.3 is 5.97 Å². The van der Waals surface area contributed by atoms with Gasteiger partial charge in [0.1, 0.15) is 6.04 Å². The molecule has 108 valence electrons. The third-order valence-corrected chi connectivity index (χ3v) is 4.51. The minimum Gasteiger partial charge on any atom is -0.480 e. The lowest BCUT2D eigenvalue weighted by Crippen LogP contribution is -2.45. The average Bonchev–Trinajstić information content (AvgIpc) is 3.13. The molecule has 0 radical (unpaired) electrons. The fourth-order valence-electron chi connectivity index (χ4n) is 3.31. The van der Waals surface area contributed by atoms with Crippen molar-refractivity contribution >= 4 is 11.9 Å². The predicted octanol–water partition coefficient (Wildman–Crippen LogP) is 2.67. The van der Waals surface area contributed by atoms with Crippen molar-refractivity contribution in [3.05, 3.63) is 0 Å². The second-order valence-electron chi connectivity index (χ2n) is 6.39. The Hall–Kier alpha value is -1.06. The van der Waals surface area contributed by atoms with Crippen molar-refractivity contribution in [2.75, 3.05) is 0 Å². The van der Waals surface area contributed by atoms with Gasteiger partial charge in [-0.25, -0.2) is 4.79 Å². The van der Waals surface area contributed by atoms with Crippen LogP contribution in [0.1, 0.15) is 58.8 Å². The van der Waals surface area contributed by atoms with Gasteiger partial charge in [-0.15, -0.1) is 0 Å². The van der Waals surface area contributed by atoms with Crippen molar-refractivity contribution in [3.63, 3.8) is 0 Å². The molecule has 0 heterocycles. The highest BCUT2D eigenvalue weighted by molar-refractivity contribution is 5.84. The summed E-state index contributed by atoms with van der Waals surface area (Å²) in [5.41, 5.74) is 0. The van der Waals surface area contributed by atoms with E-state index in [0.29, 0.717) is 18.3 Å². The zero-order chi connectivity index (χ0) is 14.0. The topological polar surface area (TPSA) is 57.6 Å². The highest BCUT2D eigenvalue weighted by Crippen LogP contribution is 2.34. The first-order chi connectivity index (χ1) is 8.99. The number of amides is 1. The van der Waals surface area contributed by atoms with Gasteiger partial charge in [-0.05, 0) is 44.4 Å². The monoisotopic (exact) mass is 267 g/mol. The molecule has 0 aliphatic heterocycles. The van der Waals surface area contributed by atoms with Gasteiger partial charge in [-0.3, -0.25) is 4.79 Å². The van der Waals surface area contributed by atoms with Crippen LogP contribution in [0.2, 0.25) is 0 Å². The van der Waals surface area contributed by atoms with Gasteiger partial charge < -0.3 is 10.0 Å². The molecule has 0 aromatic carbocycles. The van der Waals surface area contributed by atoms with Crippen molar-refractivity contribution in [3.8, 4) is 0 Å². The summed E-state index contributed by atoms with van der Waals surface area (Å²) >= 11 is 0. The number of hydrogen-bond acceptors (Lipinski definition) is 2. The maximum absolute atomic E-state index is 12.4. The Kier molecular flexibility index (Phi) is 4.48. The Morgan fingerprint density at radius 1 is 1.26 bits per heavy atom. The number of carbonyl (C=O) groups excluding carboxylic acids is 1. The third kappa shape index (κ3) is 3.71. The van der Waals surface area contributed by atoms with Gasteiger partial charge in [0, 0.05) is 12.5 Å². The summed E-state index contributed by atoms with van der Waals surface area (Å²) in [5, 5.41) is 9.13. The highest BCUT2D eigenvalue weighted by atomic mass is 16.4. The molecule has 4 nitrogen and oxygen atoms in total. The molecule has 19 heavy (non-hydrogen) atoms. The smallest absolute Gasteiger partial charge is 0.326 e. The van der Waals surface area contributed by atoms with Crippen LogP contribution in [0, 0.1) is 11.8 Å².